The Bertz CT molecular complexity index is 594. The number of carbonyl (C=O) groups excluding carboxylic acids is 1. The van der Waals surface area contributed by atoms with Gasteiger partial charge in [-0.3, -0.25) is 4.79 Å². The van der Waals surface area contributed by atoms with Crippen molar-refractivity contribution in [1.82, 2.24) is 9.97 Å². The SMILES string of the molecule is Cc1cccc(NC(=O)c2csc(NCC(C)C)n2)n1. The Morgan fingerprint density at radius 3 is 2.85 bits per heavy atom. The van der Waals surface area contributed by atoms with Crippen LogP contribution in [0, 0.1) is 12.8 Å². The maximum absolute atomic E-state index is 12.0. The predicted molar refractivity (Wildman–Crippen MR) is 82.4 cm³/mol. The van der Waals surface area contributed by atoms with Crippen LogP contribution in [0.5, 0.6) is 0 Å². The fourth-order valence-corrected chi connectivity index (χ4v) is 2.24. The highest BCUT2D eigenvalue weighted by Gasteiger charge is 2.11. The largest absolute Gasteiger partial charge is 0.361 e. The number of pyridine rings is 1. The van der Waals surface area contributed by atoms with Crippen LogP contribution >= 0.6 is 11.3 Å². The topological polar surface area (TPSA) is 66.9 Å². The number of aromatic nitrogens is 2. The van der Waals surface area contributed by atoms with Crippen molar-refractivity contribution in [1.29, 1.82) is 0 Å². The fourth-order valence-electron chi connectivity index (χ4n) is 1.54. The third-order valence-electron chi connectivity index (χ3n) is 2.53. The molecule has 2 N–H and O–H groups in total. The summed E-state index contributed by atoms with van der Waals surface area (Å²) in [6.45, 7) is 6.97. The zero-order valence-corrected chi connectivity index (χ0v) is 12.6. The Labute approximate surface area is 122 Å². The highest BCUT2D eigenvalue weighted by molar-refractivity contribution is 7.13. The third-order valence-corrected chi connectivity index (χ3v) is 3.33. The van der Waals surface area contributed by atoms with Gasteiger partial charge >= 0.3 is 0 Å². The average Bonchev–Trinajstić information content (AvgIpc) is 2.85. The summed E-state index contributed by atoms with van der Waals surface area (Å²) in [5, 5.41) is 8.46. The molecule has 0 saturated heterocycles. The van der Waals surface area contributed by atoms with E-state index in [1.807, 2.05) is 19.1 Å². The molecule has 0 saturated carbocycles. The molecule has 1 amide bonds. The van der Waals surface area contributed by atoms with E-state index in [9.17, 15) is 4.79 Å². The summed E-state index contributed by atoms with van der Waals surface area (Å²) in [5.74, 6) is 0.837. The highest BCUT2D eigenvalue weighted by Crippen LogP contribution is 2.17. The predicted octanol–water partition coefficient (Wildman–Crippen LogP) is 3.17. The first-order valence-electron chi connectivity index (χ1n) is 6.49. The Kier molecular flexibility index (Phi) is 4.68. The van der Waals surface area contributed by atoms with Crippen LogP contribution in [0.15, 0.2) is 23.6 Å². The molecule has 2 rings (SSSR count). The van der Waals surface area contributed by atoms with Crippen molar-refractivity contribution in [3.05, 3.63) is 35.0 Å². The molecule has 0 fully saturated rings. The van der Waals surface area contributed by atoms with Gasteiger partial charge in [-0.05, 0) is 25.0 Å². The summed E-state index contributed by atoms with van der Waals surface area (Å²) >= 11 is 1.43. The molecule has 0 aliphatic carbocycles. The first kappa shape index (κ1) is 14.5. The minimum absolute atomic E-state index is 0.239. The quantitative estimate of drug-likeness (QED) is 0.887. The van der Waals surface area contributed by atoms with E-state index in [4.69, 9.17) is 0 Å². The van der Waals surface area contributed by atoms with Gasteiger partial charge < -0.3 is 10.6 Å². The summed E-state index contributed by atoms with van der Waals surface area (Å²) in [6, 6.07) is 5.50. The summed E-state index contributed by atoms with van der Waals surface area (Å²) in [5.41, 5.74) is 1.27. The van der Waals surface area contributed by atoms with Crippen LogP contribution in [0.4, 0.5) is 10.9 Å². The number of hydrogen-bond acceptors (Lipinski definition) is 5. The smallest absolute Gasteiger partial charge is 0.276 e. The molecule has 20 heavy (non-hydrogen) atoms. The van der Waals surface area contributed by atoms with Gasteiger partial charge in [0, 0.05) is 17.6 Å². The van der Waals surface area contributed by atoms with Gasteiger partial charge in [-0.1, -0.05) is 19.9 Å². The van der Waals surface area contributed by atoms with E-state index in [2.05, 4.69) is 34.4 Å². The monoisotopic (exact) mass is 290 g/mol. The third kappa shape index (κ3) is 4.03. The molecule has 6 heteroatoms. The second-order valence-electron chi connectivity index (χ2n) is 4.93. The van der Waals surface area contributed by atoms with Gasteiger partial charge in [0.2, 0.25) is 0 Å². The molecule has 0 unspecified atom stereocenters. The first-order chi connectivity index (χ1) is 9.54. The molecular formula is C14H18N4OS. The number of nitrogens with one attached hydrogen (secondary N) is 2. The zero-order chi connectivity index (χ0) is 14.5. The number of carbonyl (C=O) groups is 1. The molecule has 106 valence electrons. The van der Waals surface area contributed by atoms with E-state index in [-0.39, 0.29) is 5.91 Å². The first-order valence-corrected chi connectivity index (χ1v) is 7.37. The Hall–Kier alpha value is -1.95. The normalized spacial score (nSPS) is 10.6. The zero-order valence-electron chi connectivity index (χ0n) is 11.8. The van der Waals surface area contributed by atoms with Crippen molar-refractivity contribution >= 4 is 28.2 Å². The van der Waals surface area contributed by atoms with Gasteiger partial charge in [-0.25, -0.2) is 9.97 Å². The van der Waals surface area contributed by atoms with E-state index in [1.54, 1.807) is 11.4 Å². The van der Waals surface area contributed by atoms with Crippen molar-refractivity contribution in [2.24, 2.45) is 5.92 Å². The minimum Gasteiger partial charge on any atom is -0.361 e. The fraction of sp³-hybridized carbons (Fsp3) is 0.357. The molecule has 2 heterocycles. The molecule has 5 nitrogen and oxygen atoms in total. The number of rotatable bonds is 5. The highest BCUT2D eigenvalue weighted by atomic mass is 32.1. The van der Waals surface area contributed by atoms with E-state index >= 15 is 0 Å². The lowest BCUT2D eigenvalue weighted by Crippen LogP contribution is -2.14. The molecule has 0 atom stereocenters. The van der Waals surface area contributed by atoms with E-state index < -0.39 is 0 Å². The minimum atomic E-state index is -0.239. The molecule has 0 aliphatic rings. The van der Waals surface area contributed by atoms with Crippen LogP contribution in [0.1, 0.15) is 30.0 Å². The van der Waals surface area contributed by atoms with Crippen LogP contribution in [-0.2, 0) is 0 Å². The Morgan fingerprint density at radius 2 is 2.15 bits per heavy atom. The lowest BCUT2D eigenvalue weighted by atomic mass is 10.2. The van der Waals surface area contributed by atoms with Crippen molar-refractivity contribution in [2.75, 3.05) is 17.2 Å². The molecule has 0 aliphatic heterocycles. The van der Waals surface area contributed by atoms with Crippen molar-refractivity contribution < 1.29 is 4.79 Å². The van der Waals surface area contributed by atoms with E-state index in [1.165, 1.54) is 11.3 Å². The molecule has 2 aromatic rings. The molecular weight excluding hydrogens is 272 g/mol. The standard InChI is InChI=1S/C14H18N4OS/c1-9(2)7-15-14-17-11(8-20-14)13(19)18-12-6-4-5-10(3)16-12/h4-6,8-9H,7H2,1-3H3,(H,15,17)(H,16,18,19). The number of hydrogen-bond donors (Lipinski definition) is 2. The Morgan fingerprint density at radius 1 is 1.35 bits per heavy atom. The van der Waals surface area contributed by atoms with Crippen LogP contribution in [0.25, 0.3) is 0 Å². The molecule has 0 radical (unpaired) electrons. The lowest BCUT2D eigenvalue weighted by Gasteiger charge is -2.05. The van der Waals surface area contributed by atoms with Crippen molar-refractivity contribution in [2.45, 2.75) is 20.8 Å². The number of anilines is 2. The van der Waals surface area contributed by atoms with Gasteiger partial charge in [0.15, 0.2) is 5.13 Å². The Balaban J connectivity index is 1.99. The maximum Gasteiger partial charge on any atom is 0.276 e. The lowest BCUT2D eigenvalue weighted by molar-refractivity contribution is 0.102. The molecule has 2 aromatic heterocycles. The summed E-state index contributed by atoms with van der Waals surface area (Å²) in [7, 11) is 0. The van der Waals surface area contributed by atoms with Crippen LogP contribution in [0.2, 0.25) is 0 Å². The van der Waals surface area contributed by atoms with Crippen LogP contribution in [0.3, 0.4) is 0 Å². The maximum atomic E-state index is 12.0. The number of thiazole rings is 1. The number of aryl methyl sites for hydroxylation is 1. The average molecular weight is 290 g/mol. The van der Waals surface area contributed by atoms with Crippen molar-refractivity contribution in [3.8, 4) is 0 Å². The van der Waals surface area contributed by atoms with Gasteiger partial charge in [-0.15, -0.1) is 11.3 Å². The van der Waals surface area contributed by atoms with Crippen LogP contribution < -0.4 is 10.6 Å². The summed E-state index contributed by atoms with van der Waals surface area (Å²) < 4.78 is 0. The van der Waals surface area contributed by atoms with Gasteiger partial charge in [0.25, 0.3) is 5.91 Å². The van der Waals surface area contributed by atoms with Gasteiger partial charge in [0.05, 0.1) is 0 Å². The second-order valence-corrected chi connectivity index (χ2v) is 5.79. The molecule has 0 bridgehead atoms. The number of amides is 1. The summed E-state index contributed by atoms with van der Waals surface area (Å²) in [6.07, 6.45) is 0. The number of nitrogens with zero attached hydrogens (tertiary/aromatic N) is 2. The molecule has 0 spiro atoms. The second kappa shape index (κ2) is 6.47. The van der Waals surface area contributed by atoms with Gasteiger partial charge in [-0.2, -0.15) is 0 Å². The van der Waals surface area contributed by atoms with Gasteiger partial charge in [0.1, 0.15) is 11.5 Å². The molecule has 0 aromatic carbocycles. The van der Waals surface area contributed by atoms with Crippen LogP contribution in [-0.4, -0.2) is 22.4 Å². The summed E-state index contributed by atoms with van der Waals surface area (Å²) in [4.78, 5) is 20.5. The van der Waals surface area contributed by atoms with E-state index in [0.29, 0.717) is 17.4 Å². The van der Waals surface area contributed by atoms with Crippen molar-refractivity contribution in [3.63, 3.8) is 0 Å². The van der Waals surface area contributed by atoms with E-state index in [0.717, 1.165) is 17.4 Å².